The highest BCUT2D eigenvalue weighted by atomic mass is 32.2. The predicted octanol–water partition coefficient (Wildman–Crippen LogP) is 12.5. The largest absolute Gasteiger partial charge is 0.506 e. The lowest BCUT2D eigenvalue weighted by Crippen LogP contribution is -2.34. The molecule has 1 aromatic carbocycles. The topological polar surface area (TPSA) is 126 Å². The summed E-state index contributed by atoms with van der Waals surface area (Å²) in [4.78, 5) is 50.5. The van der Waals surface area contributed by atoms with Crippen molar-refractivity contribution in [2.24, 2.45) is 16.8 Å². The number of carbonyl (C=O) groups excluding carboxylic acids is 3. The number of unbranched alkanes of at least 4 members (excludes halogenated alkanes) is 2. The number of urea groups is 2. The van der Waals surface area contributed by atoms with E-state index in [1.54, 1.807) is 0 Å². The number of Topliss-reactive ketones (excluding diaryl/α,β-unsaturated/α-hetero) is 1. The Labute approximate surface area is 394 Å². The molecule has 10 nitrogen and oxygen atoms in total. The summed E-state index contributed by atoms with van der Waals surface area (Å²) in [6.07, 6.45) is 21.6. The molecule has 1 aromatic rings. The summed E-state index contributed by atoms with van der Waals surface area (Å²) in [5.74, 6) is 5.21. The number of hydrogen-bond acceptors (Lipinski definition) is 8. The van der Waals surface area contributed by atoms with Gasteiger partial charge in [-0.3, -0.25) is 4.79 Å². The summed E-state index contributed by atoms with van der Waals surface area (Å²) in [6.45, 7) is 18.9. The van der Waals surface area contributed by atoms with Crippen LogP contribution in [0.4, 0.5) is 21.0 Å². The molecule has 64 heavy (non-hydrogen) atoms. The van der Waals surface area contributed by atoms with Crippen LogP contribution in [0.15, 0.2) is 64.0 Å². The predicted molar refractivity (Wildman–Crippen MR) is 274 cm³/mol. The third-order valence-electron chi connectivity index (χ3n) is 13.7. The van der Waals surface area contributed by atoms with Crippen LogP contribution in [-0.4, -0.2) is 93.8 Å². The zero-order valence-electron chi connectivity index (χ0n) is 40.4. The summed E-state index contributed by atoms with van der Waals surface area (Å²) < 4.78 is 0. The number of benzene rings is 1. The molecule has 4 amide bonds. The molecule has 2 aliphatic heterocycles. The Morgan fingerprint density at radius 1 is 0.766 bits per heavy atom. The maximum absolute atomic E-state index is 14.4. The normalized spacial score (nSPS) is 23.7. The minimum atomic E-state index is -0.467. The van der Waals surface area contributed by atoms with Gasteiger partial charge in [0.25, 0.3) is 0 Å². The number of likely N-dealkylation sites (tertiary alicyclic amines) is 1. The van der Waals surface area contributed by atoms with E-state index in [1.165, 1.54) is 51.4 Å². The van der Waals surface area contributed by atoms with Crippen molar-refractivity contribution in [3.8, 4) is 0 Å². The number of aliphatic imine (C=N–C) groups is 1. The Kier molecular flexibility index (Phi) is 20.8. The van der Waals surface area contributed by atoms with Gasteiger partial charge in [0.15, 0.2) is 0 Å². The number of aliphatic hydroxyl groups excluding tert-OH is 1. The van der Waals surface area contributed by atoms with E-state index < -0.39 is 6.03 Å². The lowest BCUT2D eigenvalue weighted by atomic mass is 9.78. The molecule has 0 radical (unpaired) electrons. The van der Waals surface area contributed by atoms with Crippen molar-refractivity contribution < 1.29 is 19.5 Å². The molecule has 0 bridgehead atoms. The van der Waals surface area contributed by atoms with Gasteiger partial charge in [-0.1, -0.05) is 66.2 Å². The maximum atomic E-state index is 14.4. The molecule has 0 saturated carbocycles. The third-order valence-corrected chi connectivity index (χ3v) is 16.3. The first kappa shape index (κ1) is 51.3. The molecule has 2 fully saturated rings. The number of nitrogens with one attached hydrogen (secondary N) is 3. The van der Waals surface area contributed by atoms with E-state index in [0.29, 0.717) is 59.8 Å². The van der Waals surface area contributed by atoms with Gasteiger partial charge in [0.1, 0.15) is 5.76 Å². The van der Waals surface area contributed by atoms with Crippen molar-refractivity contribution in [1.29, 1.82) is 0 Å². The monoisotopic (exact) mass is 917 g/mol. The SMILES string of the molecule is CCCCC(CC)CSCCCNC(=O)N=C1C=C(N2C(C)CCC2C)C=CC1=C1C(=O)C(c2ccc(N3C(C)CCC3C)cc2NC(=O)NCCCSCC(CC)CCCC)=C1O. The second-order valence-corrected chi connectivity index (χ2v) is 20.9. The van der Waals surface area contributed by atoms with E-state index in [2.05, 4.69) is 86.1 Å². The fourth-order valence-electron chi connectivity index (χ4n) is 9.67. The van der Waals surface area contributed by atoms with Crippen molar-refractivity contribution in [2.45, 2.75) is 169 Å². The van der Waals surface area contributed by atoms with Crippen molar-refractivity contribution in [3.63, 3.8) is 0 Å². The maximum Gasteiger partial charge on any atom is 0.341 e. The lowest BCUT2D eigenvalue weighted by Gasteiger charge is -2.32. The summed E-state index contributed by atoms with van der Waals surface area (Å²) in [5.41, 5.74) is 3.84. The van der Waals surface area contributed by atoms with Crippen molar-refractivity contribution in [1.82, 2.24) is 15.5 Å². The molecule has 0 spiro atoms. The third kappa shape index (κ3) is 13.7. The number of nitrogens with zero attached hydrogens (tertiary/aromatic N) is 3. The molecule has 6 unspecified atom stereocenters. The van der Waals surface area contributed by atoms with Crippen LogP contribution in [0.5, 0.6) is 0 Å². The number of amides is 4. The molecule has 0 aromatic heterocycles. The standard InChI is InChI=1S/C52H80N6O4S2/c1-9-13-17-39(11-3)33-63-29-15-27-53-51(61)55-45-31-41(57-35(5)19-20-36(57)6)23-25-43(45)47-49(59)48(50(47)60)44-26-24-42(58-37(7)21-22-38(58)8)32-46(44)56-52(62)54-28-16-30-64-34-40(12-4)18-14-10-2/h23-26,31-32,35-40,59H,9-22,27-30,33-34H2,1-8H3,(H,53,61)(H2,54,56,62). The second kappa shape index (κ2) is 25.9. The van der Waals surface area contributed by atoms with Gasteiger partial charge in [-0.15, -0.1) is 0 Å². The first-order chi connectivity index (χ1) is 30.9. The van der Waals surface area contributed by atoms with E-state index >= 15 is 0 Å². The summed E-state index contributed by atoms with van der Waals surface area (Å²) >= 11 is 3.91. The number of ketones is 1. The van der Waals surface area contributed by atoms with Gasteiger partial charge < -0.3 is 30.9 Å². The summed E-state index contributed by atoms with van der Waals surface area (Å²) in [6, 6.07) is 6.23. The molecule has 4 aliphatic rings. The molecule has 12 heteroatoms. The summed E-state index contributed by atoms with van der Waals surface area (Å²) in [7, 11) is 0. The average Bonchev–Trinajstić information content (AvgIpc) is 3.80. The number of hydrogen-bond donors (Lipinski definition) is 4. The van der Waals surface area contributed by atoms with Crippen LogP contribution in [0, 0.1) is 11.8 Å². The van der Waals surface area contributed by atoms with Gasteiger partial charge in [0, 0.05) is 59.8 Å². The highest BCUT2D eigenvalue weighted by molar-refractivity contribution is 7.99. The Balaban J connectivity index is 1.35. The van der Waals surface area contributed by atoms with Gasteiger partial charge >= 0.3 is 12.1 Å². The van der Waals surface area contributed by atoms with Crippen LogP contribution in [0.25, 0.3) is 5.57 Å². The van der Waals surface area contributed by atoms with E-state index in [0.717, 1.165) is 84.8 Å². The van der Waals surface area contributed by atoms with Crippen LogP contribution in [0.1, 0.15) is 151 Å². The molecular formula is C52H80N6O4S2. The lowest BCUT2D eigenvalue weighted by molar-refractivity contribution is -0.111. The first-order valence-electron chi connectivity index (χ1n) is 24.8. The number of thioether (sulfide) groups is 2. The van der Waals surface area contributed by atoms with Gasteiger partial charge in [0.2, 0.25) is 5.78 Å². The molecule has 2 aliphatic carbocycles. The van der Waals surface area contributed by atoms with Gasteiger partial charge in [0.05, 0.1) is 22.5 Å². The molecule has 2 saturated heterocycles. The van der Waals surface area contributed by atoms with Crippen LogP contribution in [0.3, 0.4) is 0 Å². The molecule has 354 valence electrons. The van der Waals surface area contributed by atoms with E-state index in [4.69, 9.17) is 0 Å². The van der Waals surface area contributed by atoms with Gasteiger partial charge in [-0.05, 0) is 150 Å². The Morgan fingerprint density at radius 3 is 1.88 bits per heavy atom. The highest BCUT2D eigenvalue weighted by Crippen LogP contribution is 2.44. The molecule has 4 N–H and O–H groups in total. The van der Waals surface area contributed by atoms with Crippen molar-refractivity contribution in [3.05, 3.63) is 64.6 Å². The first-order valence-corrected chi connectivity index (χ1v) is 27.1. The number of anilines is 2. The van der Waals surface area contributed by atoms with Crippen LogP contribution < -0.4 is 20.9 Å². The Bertz CT molecular complexity index is 1890. The van der Waals surface area contributed by atoms with E-state index in [1.807, 2.05) is 60.0 Å². The van der Waals surface area contributed by atoms with E-state index in [9.17, 15) is 19.5 Å². The number of rotatable bonds is 24. The molecular weight excluding hydrogens is 837 g/mol. The highest BCUT2D eigenvalue weighted by Gasteiger charge is 2.40. The number of aliphatic hydroxyl groups is 1. The summed E-state index contributed by atoms with van der Waals surface area (Å²) in [5, 5.41) is 20.9. The quantitative estimate of drug-likeness (QED) is 0.0597. The minimum Gasteiger partial charge on any atom is -0.506 e. The number of allylic oxidation sites excluding steroid dienone is 6. The van der Waals surface area contributed by atoms with Crippen LogP contribution in [0.2, 0.25) is 0 Å². The van der Waals surface area contributed by atoms with E-state index in [-0.39, 0.29) is 28.7 Å². The van der Waals surface area contributed by atoms with Crippen molar-refractivity contribution >= 4 is 64.0 Å². The fraction of sp³-hybridized carbons (Fsp3) is 0.654. The smallest absolute Gasteiger partial charge is 0.341 e. The van der Waals surface area contributed by atoms with Crippen molar-refractivity contribution in [2.75, 3.05) is 46.3 Å². The van der Waals surface area contributed by atoms with Crippen LogP contribution in [-0.2, 0) is 4.79 Å². The van der Waals surface area contributed by atoms with Crippen LogP contribution >= 0.6 is 23.5 Å². The molecule has 2 heterocycles. The number of carbonyl (C=O) groups is 3. The van der Waals surface area contributed by atoms with Gasteiger partial charge in [-0.25, -0.2) is 9.59 Å². The molecule has 6 atom stereocenters. The molecule has 5 rings (SSSR count). The zero-order chi connectivity index (χ0) is 46.2. The fourth-order valence-corrected chi connectivity index (χ4v) is 12.2. The zero-order valence-corrected chi connectivity index (χ0v) is 42.0. The Morgan fingerprint density at radius 2 is 1.33 bits per heavy atom. The Hall–Kier alpha value is -3.64. The minimum absolute atomic E-state index is 0.124. The average molecular weight is 917 g/mol. The van der Waals surface area contributed by atoms with Gasteiger partial charge in [-0.2, -0.15) is 28.5 Å². The second-order valence-electron chi connectivity index (χ2n) is 18.6.